The van der Waals surface area contributed by atoms with Crippen LogP contribution in [0.5, 0.6) is 11.5 Å². The fourth-order valence-corrected chi connectivity index (χ4v) is 3.31. The Bertz CT molecular complexity index is 861. The summed E-state index contributed by atoms with van der Waals surface area (Å²) in [5.74, 6) is 0.149. The van der Waals surface area contributed by atoms with Gasteiger partial charge in [0.05, 0.1) is 17.7 Å². The number of hydrogen-bond acceptors (Lipinski definition) is 5. The van der Waals surface area contributed by atoms with Crippen molar-refractivity contribution in [2.45, 2.75) is 6.92 Å². The van der Waals surface area contributed by atoms with Gasteiger partial charge in [-0.2, -0.15) is 0 Å². The normalized spacial score (nSPS) is 16.1. The number of phenolic OH excluding ortho intramolecular Hbond substituents is 1. The van der Waals surface area contributed by atoms with Crippen LogP contribution >= 0.6 is 11.8 Å². The van der Waals surface area contributed by atoms with Crippen molar-refractivity contribution < 1.29 is 14.6 Å². The van der Waals surface area contributed by atoms with Crippen molar-refractivity contribution >= 4 is 34.6 Å². The van der Waals surface area contributed by atoms with E-state index in [-0.39, 0.29) is 16.8 Å². The fourth-order valence-electron chi connectivity index (χ4n) is 2.46. The number of rotatable bonds is 3. The van der Waals surface area contributed by atoms with E-state index in [0.717, 1.165) is 22.9 Å². The summed E-state index contributed by atoms with van der Waals surface area (Å²) in [7, 11) is 1.47. The zero-order valence-electron chi connectivity index (χ0n) is 13.2. The first-order chi connectivity index (χ1) is 11.5. The molecule has 122 valence electrons. The molecule has 2 aromatic carbocycles. The van der Waals surface area contributed by atoms with Gasteiger partial charge in [-0.15, -0.1) is 0 Å². The molecule has 0 saturated carbocycles. The van der Waals surface area contributed by atoms with E-state index in [9.17, 15) is 9.90 Å². The van der Waals surface area contributed by atoms with E-state index in [2.05, 4.69) is 0 Å². The molecule has 1 aliphatic heterocycles. The zero-order valence-corrected chi connectivity index (χ0v) is 14.1. The summed E-state index contributed by atoms with van der Waals surface area (Å²) < 4.78 is 5.08. The van der Waals surface area contributed by atoms with Gasteiger partial charge >= 0.3 is 0 Å². The number of hydrogen-bond donors (Lipinski definition) is 2. The number of phenols is 1. The summed E-state index contributed by atoms with van der Waals surface area (Å²) in [4.78, 5) is 14.6. The Hall–Kier alpha value is -2.73. The molecule has 2 N–H and O–H groups in total. The van der Waals surface area contributed by atoms with Crippen LogP contribution in [0, 0.1) is 12.3 Å². The number of ether oxygens (including phenoxy) is 1. The number of anilines is 1. The number of carbonyl (C=O) groups excluding carboxylic acids is 1. The lowest BCUT2D eigenvalue weighted by atomic mass is 10.1. The fraction of sp³-hybridized carbons (Fsp3) is 0.111. The van der Waals surface area contributed by atoms with Gasteiger partial charge in [-0.1, -0.05) is 24.3 Å². The third-order valence-corrected chi connectivity index (χ3v) is 4.57. The minimum Gasteiger partial charge on any atom is -0.504 e. The second kappa shape index (κ2) is 6.41. The Kier molecular flexibility index (Phi) is 4.31. The molecule has 5 nitrogen and oxygen atoms in total. The van der Waals surface area contributed by atoms with E-state index in [0.29, 0.717) is 16.3 Å². The van der Waals surface area contributed by atoms with E-state index >= 15 is 0 Å². The highest BCUT2D eigenvalue weighted by Gasteiger charge is 2.34. The van der Waals surface area contributed by atoms with Crippen molar-refractivity contribution in [2.24, 2.45) is 0 Å². The minimum absolute atomic E-state index is 0.0410. The number of thioether (sulfide) groups is 1. The maximum Gasteiger partial charge on any atom is 0.271 e. The Morgan fingerprint density at radius 3 is 2.71 bits per heavy atom. The van der Waals surface area contributed by atoms with Crippen LogP contribution in [0.25, 0.3) is 6.08 Å². The molecule has 3 rings (SSSR count). The largest absolute Gasteiger partial charge is 0.504 e. The molecule has 1 saturated heterocycles. The highest BCUT2D eigenvalue weighted by atomic mass is 32.2. The summed E-state index contributed by atoms with van der Waals surface area (Å²) in [5, 5.41) is 18.0. The predicted octanol–water partition coefficient (Wildman–Crippen LogP) is 3.76. The molecule has 2 aromatic rings. The first-order valence-electron chi connectivity index (χ1n) is 7.26. The summed E-state index contributed by atoms with van der Waals surface area (Å²) in [6, 6.07) is 12.3. The maximum absolute atomic E-state index is 12.7. The van der Waals surface area contributed by atoms with Crippen LogP contribution in [0.3, 0.4) is 0 Å². The average molecular weight is 340 g/mol. The molecule has 0 bridgehead atoms. The van der Waals surface area contributed by atoms with E-state index in [1.54, 1.807) is 18.2 Å². The molecule has 0 radical (unpaired) electrons. The second-order valence-corrected chi connectivity index (χ2v) is 6.30. The smallest absolute Gasteiger partial charge is 0.271 e. The molecular formula is C18H16N2O3S. The summed E-state index contributed by atoms with van der Waals surface area (Å²) >= 11 is 1.12. The zero-order chi connectivity index (χ0) is 17.3. The molecule has 6 heteroatoms. The van der Waals surface area contributed by atoms with Crippen LogP contribution < -0.4 is 9.64 Å². The van der Waals surface area contributed by atoms with E-state index < -0.39 is 0 Å². The van der Waals surface area contributed by atoms with Gasteiger partial charge in [0.2, 0.25) is 0 Å². The lowest BCUT2D eigenvalue weighted by Crippen LogP contribution is -2.28. The van der Waals surface area contributed by atoms with E-state index in [1.807, 2.05) is 31.2 Å². The molecule has 0 unspecified atom stereocenters. The Morgan fingerprint density at radius 2 is 2.00 bits per heavy atom. The van der Waals surface area contributed by atoms with Crippen LogP contribution in [-0.4, -0.2) is 23.3 Å². The minimum atomic E-state index is -0.230. The third-order valence-electron chi connectivity index (χ3n) is 3.68. The molecular weight excluding hydrogens is 324 g/mol. The van der Waals surface area contributed by atoms with Crippen LogP contribution in [0.1, 0.15) is 11.1 Å². The van der Waals surface area contributed by atoms with Crippen molar-refractivity contribution in [3.63, 3.8) is 0 Å². The number of carbonyl (C=O) groups is 1. The Labute approximate surface area is 144 Å². The SMILES string of the molecule is COc1cc(/C=C2\SC(=N)N(c3ccccc3C)C2=O)ccc1O. The summed E-state index contributed by atoms with van der Waals surface area (Å²) in [6.07, 6.45) is 1.70. The molecule has 1 amide bonds. The number of aryl methyl sites for hydroxylation is 1. The topological polar surface area (TPSA) is 73.6 Å². The molecule has 24 heavy (non-hydrogen) atoms. The first kappa shape index (κ1) is 16.1. The van der Waals surface area contributed by atoms with Gasteiger partial charge in [-0.05, 0) is 54.1 Å². The lowest BCUT2D eigenvalue weighted by Gasteiger charge is -2.16. The van der Waals surface area contributed by atoms with Crippen molar-refractivity contribution in [3.8, 4) is 11.5 Å². The number of nitrogens with one attached hydrogen (secondary N) is 1. The number of benzene rings is 2. The Balaban J connectivity index is 1.96. The van der Waals surface area contributed by atoms with Crippen LogP contribution in [-0.2, 0) is 4.79 Å². The summed E-state index contributed by atoms with van der Waals surface area (Å²) in [5.41, 5.74) is 2.37. The number of aromatic hydroxyl groups is 1. The van der Waals surface area contributed by atoms with Crippen LogP contribution in [0.4, 0.5) is 5.69 Å². The molecule has 1 heterocycles. The number of para-hydroxylation sites is 1. The van der Waals surface area contributed by atoms with Crippen molar-refractivity contribution in [2.75, 3.05) is 12.0 Å². The van der Waals surface area contributed by atoms with E-state index in [1.165, 1.54) is 18.1 Å². The maximum atomic E-state index is 12.7. The van der Waals surface area contributed by atoms with Gasteiger partial charge in [0.1, 0.15) is 0 Å². The van der Waals surface area contributed by atoms with Gasteiger partial charge < -0.3 is 9.84 Å². The Morgan fingerprint density at radius 1 is 1.25 bits per heavy atom. The second-order valence-electron chi connectivity index (χ2n) is 5.27. The first-order valence-corrected chi connectivity index (χ1v) is 8.08. The molecule has 0 aromatic heterocycles. The van der Waals surface area contributed by atoms with Crippen molar-refractivity contribution in [3.05, 3.63) is 58.5 Å². The van der Waals surface area contributed by atoms with Gasteiger partial charge in [0, 0.05) is 0 Å². The highest BCUT2D eigenvalue weighted by molar-refractivity contribution is 8.19. The quantitative estimate of drug-likeness (QED) is 0.834. The average Bonchev–Trinajstić information content (AvgIpc) is 2.84. The molecule has 1 fully saturated rings. The number of amidine groups is 1. The highest BCUT2D eigenvalue weighted by Crippen LogP contribution is 2.37. The predicted molar refractivity (Wildman–Crippen MR) is 96.6 cm³/mol. The van der Waals surface area contributed by atoms with Gasteiger partial charge in [0.25, 0.3) is 5.91 Å². The van der Waals surface area contributed by atoms with Gasteiger partial charge in [-0.3, -0.25) is 15.1 Å². The van der Waals surface area contributed by atoms with Crippen LogP contribution in [0.2, 0.25) is 0 Å². The number of nitrogens with zero attached hydrogens (tertiary/aromatic N) is 1. The van der Waals surface area contributed by atoms with Crippen LogP contribution in [0.15, 0.2) is 47.4 Å². The molecule has 0 spiro atoms. The van der Waals surface area contributed by atoms with Gasteiger partial charge in [-0.25, -0.2) is 0 Å². The summed E-state index contributed by atoms with van der Waals surface area (Å²) in [6.45, 7) is 1.91. The van der Waals surface area contributed by atoms with Crippen molar-refractivity contribution in [1.29, 1.82) is 5.41 Å². The lowest BCUT2D eigenvalue weighted by molar-refractivity contribution is -0.113. The van der Waals surface area contributed by atoms with E-state index in [4.69, 9.17) is 10.1 Å². The monoisotopic (exact) mass is 340 g/mol. The standard InChI is InChI=1S/C18H16N2O3S/c1-11-5-3-4-6-13(11)20-17(22)16(24-18(20)19)10-12-7-8-14(21)15(9-12)23-2/h3-10,19,21H,1-2H3/b16-10-,19-18?. The van der Waals surface area contributed by atoms with Crippen molar-refractivity contribution in [1.82, 2.24) is 0 Å². The molecule has 1 aliphatic rings. The number of methoxy groups -OCH3 is 1. The molecule has 0 aliphatic carbocycles. The molecule has 0 atom stereocenters. The number of amides is 1. The third kappa shape index (κ3) is 2.88. The van der Waals surface area contributed by atoms with Gasteiger partial charge in [0.15, 0.2) is 16.7 Å².